The topological polar surface area (TPSA) is 85.8 Å². The summed E-state index contributed by atoms with van der Waals surface area (Å²) in [4.78, 5) is 11.7. The Labute approximate surface area is 164 Å². The van der Waals surface area contributed by atoms with E-state index in [1.54, 1.807) is 12.1 Å². The lowest BCUT2D eigenvalue weighted by Gasteiger charge is -2.11. The Morgan fingerprint density at radius 2 is 2.04 bits per heavy atom. The van der Waals surface area contributed by atoms with E-state index < -0.39 is 0 Å². The number of aromatic nitrogens is 3. The second-order valence-corrected chi connectivity index (χ2v) is 6.09. The minimum absolute atomic E-state index is 0. The van der Waals surface area contributed by atoms with Gasteiger partial charge in [-0.1, -0.05) is 18.0 Å². The molecule has 3 N–H and O–H groups in total. The summed E-state index contributed by atoms with van der Waals surface area (Å²) in [6, 6.07) is 5.40. The van der Waals surface area contributed by atoms with E-state index in [9.17, 15) is 4.79 Å². The number of nitrogens with one attached hydrogen (secondary N) is 1. The van der Waals surface area contributed by atoms with Crippen LogP contribution in [0.5, 0.6) is 0 Å². The second-order valence-electron chi connectivity index (χ2n) is 5.68. The zero-order valence-corrected chi connectivity index (χ0v) is 16.1. The van der Waals surface area contributed by atoms with Gasteiger partial charge in [-0.25, -0.2) is 0 Å². The van der Waals surface area contributed by atoms with Gasteiger partial charge in [0.05, 0.1) is 5.02 Å². The van der Waals surface area contributed by atoms with Crippen molar-refractivity contribution in [2.24, 2.45) is 5.73 Å². The molecule has 1 aromatic carbocycles. The van der Waals surface area contributed by atoms with Crippen LogP contribution in [0.3, 0.4) is 0 Å². The molecule has 1 aliphatic rings. The molecule has 0 bridgehead atoms. The predicted octanol–water partition coefficient (Wildman–Crippen LogP) is 3.46. The van der Waals surface area contributed by atoms with Crippen molar-refractivity contribution in [3.05, 3.63) is 29.0 Å². The first-order valence-electron chi connectivity index (χ1n) is 7.91. The molecule has 0 unspecified atom stereocenters. The highest BCUT2D eigenvalue weighted by Crippen LogP contribution is 2.31. The number of nitrogens with two attached hydrogens (primary N) is 1. The number of amides is 1. The molecule has 138 valence electrons. The van der Waals surface area contributed by atoms with Crippen LogP contribution in [0.2, 0.25) is 5.02 Å². The molecule has 2 heterocycles. The summed E-state index contributed by atoms with van der Waals surface area (Å²) in [5.74, 6) is 1.66. The van der Waals surface area contributed by atoms with E-state index in [1.807, 2.05) is 6.07 Å². The zero-order valence-electron chi connectivity index (χ0n) is 13.7. The normalized spacial score (nSPS) is 13.0. The third-order valence-electron chi connectivity index (χ3n) is 3.97. The highest BCUT2D eigenvalue weighted by Gasteiger charge is 2.18. The number of aryl methyl sites for hydroxylation is 1. The lowest BCUT2D eigenvalue weighted by molar-refractivity contribution is -0.116. The lowest BCUT2D eigenvalue weighted by atomic mass is 10.1. The maximum Gasteiger partial charge on any atom is 0.225 e. The fourth-order valence-corrected chi connectivity index (χ4v) is 3.02. The molecule has 2 aromatic rings. The first kappa shape index (κ1) is 21.7. The smallest absolute Gasteiger partial charge is 0.225 e. The van der Waals surface area contributed by atoms with Crippen LogP contribution in [0.25, 0.3) is 11.4 Å². The Balaban J connectivity index is 0.00000156. The van der Waals surface area contributed by atoms with Gasteiger partial charge < -0.3 is 15.6 Å². The van der Waals surface area contributed by atoms with E-state index >= 15 is 0 Å². The number of rotatable bonds is 4. The molecule has 0 spiro atoms. The number of carbonyl (C=O) groups is 1. The molecular formula is C16H22Cl3N5O. The Bertz CT molecular complexity index is 720. The molecule has 0 aliphatic carbocycles. The van der Waals surface area contributed by atoms with E-state index in [0.717, 1.165) is 43.0 Å². The Morgan fingerprint density at radius 1 is 1.24 bits per heavy atom. The van der Waals surface area contributed by atoms with E-state index in [0.29, 0.717) is 17.3 Å². The van der Waals surface area contributed by atoms with Crippen molar-refractivity contribution in [1.82, 2.24) is 14.8 Å². The van der Waals surface area contributed by atoms with Gasteiger partial charge in [-0.15, -0.1) is 35.0 Å². The summed E-state index contributed by atoms with van der Waals surface area (Å²) >= 11 is 6.35. The molecule has 6 nitrogen and oxygen atoms in total. The molecule has 3 rings (SSSR count). The summed E-state index contributed by atoms with van der Waals surface area (Å²) in [5.41, 5.74) is 6.88. The van der Waals surface area contributed by atoms with Gasteiger partial charge in [0, 0.05) is 37.2 Å². The number of halogens is 3. The average molecular weight is 407 g/mol. The summed E-state index contributed by atoms with van der Waals surface area (Å²) < 4.78 is 2.14. The first-order chi connectivity index (χ1) is 11.2. The van der Waals surface area contributed by atoms with Gasteiger partial charge in [0.1, 0.15) is 5.82 Å². The molecule has 1 amide bonds. The predicted molar refractivity (Wildman–Crippen MR) is 105 cm³/mol. The molecule has 0 fully saturated rings. The van der Waals surface area contributed by atoms with Crippen molar-refractivity contribution in [1.29, 1.82) is 0 Å². The number of anilines is 1. The minimum atomic E-state index is -0.110. The summed E-state index contributed by atoms with van der Waals surface area (Å²) in [5, 5.41) is 12.1. The van der Waals surface area contributed by atoms with E-state index in [1.165, 1.54) is 6.42 Å². The molecule has 0 saturated carbocycles. The largest absolute Gasteiger partial charge is 0.330 e. The van der Waals surface area contributed by atoms with Crippen LogP contribution in [-0.2, 0) is 17.8 Å². The van der Waals surface area contributed by atoms with Crippen molar-refractivity contribution in [2.45, 2.75) is 38.6 Å². The fourth-order valence-electron chi connectivity index (χ4n) is 2.81. The van der Waals surface area contributed by atoms with Crippen molar-refractivity contribution >= 4 is 48.0 Å². The number of carbonyl (C=O) groups excluding carboxylic acids is 1. The van der Waals surface area contributed by atoms with Crippen molar-refractivity contribution in [3.63, 3.8) is 0 Å². The lowest BCUT2D eigenvalue weighted by Crippen LogP contribution is -2.16. The Hall–Kier alpha value is -1.34. The molecule has 1 aromatic heterocycles. The van der Waals surface area contributed by atoms with Crippen LogP contribution in [-0.4, -0.2) is 27.2 Å². The zero-order chi connectivity index (χ0) is 16.2. The highest BCUT2D eigenvalue weighted by atomic mass is 35.5. The SMILES string of the molecule is Cl.Cl.NCCC(=O)Nc1ccc(Cl)c(-c2nnc3n2CCCCC3)c1. The Morgan fingerprint density at radius 3 is 2.80 bits per heavy atom. The third-order valence-corrected chi connectivity index (χ3v) is 4.30. The number of hydrogen-bond acceptors (Lipinski definition) is 4. The van der Waals surface area contributed by atoms with E-state index in [-0.39, 0.29) is 37.1 Å². The van der Waals surface area contributed by atoms with Crippen molar-refractivity contribution in [2.75, 3.05) is 11.9 Å². The quantitative estimate of drug-likeness (QED) is 0.814. The number of fused-ring (bicyclic) bond motifs is 1. The van der Waals surface area contributed by atoms with Gasteiger partial charge >= 0.3 is 0 Å². The van der Waals surface area contributed by atoms with E-state index in [4.69, 9.17) is 17.3 Å². The standard InChI is InChI=1S/C16H20ClN5O.2ClH/c17-13-6-5-11(19-15(23)7-8-18)10-12(13)16-21-20-14-4-2-1-3-9-22(14)16;;/h5-6,10H,1-4,7-9,18H2,(H,19,23);2*1H. The van der Waals surface area contributed by atoms with Gasteiger partial charge in [0.25, 0.3) is 0 Å². The second kappa shape index (κ2) is 9.97. The summed E-state index contributed by atoms with van der Waals surface area (Å²) in [6.45, 7) is 1.22. The summed E-state index contributed by atoms with van der Waals surface area (Å²) in [6.07, 6.45) is 4.69. The maximum absolute atomic E-state index is 11.7. The molecular weight excluding hydrogens is 385 g/mol. The minimum Gasteiger partial charge on any atom is -0.330 e. The Kier molecular flexibility index (Phi) is 8.65. The van der Waals surface area contributed by atoms with E-state index in [2.05, 4.69) is 20.1 Å². The van der Waals surface area contributed by atoms with Gasteiger partial charge in [-0.2, -0.15) is 0 Å². The third kappa shape index (κ3) is 5.07. The maximum atomic E-state index is 11.7. The van der Waals surface area contributed by atoms with Crippen LogP contribution in [0.4, 0.5) is 5.69 Å². The van der Waals surface area contributed by atoms with Crippen molar-refractivity contribution < 1.29 is 4.79 Å². The molecule has 0 radical (unpaired) electrons. The molecule has 0 atom stereocenters. The number of benzene rings is 1. The van der Waals surface area contributed by atoms with Gasteiger partial charge in [0.2, 0.25) is 5.91 Å². The average Bonchev–Trinajstić information content (AvgIpc) is 2.78. The molecule has 0 saturated heterocycles. The van der Waals surface area contributed by atoms with Gasteiger partial charge in [-0.3, -0.25) is 4.79 Å². The first-order valence-corrected chi connectivity index (χ1v) is 8.29. The monoisotopic (exact) mass is 405 g/mol. The van der Waals surface area contributed by atoms with Crippen LogP contribution < -0.4 is 11.1 Å². The molecule has 1 aliphatic heterocycles. The van der Waals surface area contributed by atoms with Crippen LogP contribution >= 0.6 is 36.4 Å². The van der Waals surface area contributed by atoms with Crippen LogP contribution in [0.1, 0.15) is 31.5 Å². The summed E-state index contributed by atoms with van der Waals surface area (Å²) in [7, 11) is 0. The highest BCUT2D eigenvalue weighted by molar-refractivity contribution is 6.33. The van der Waals surface area contributed by atoms with Gasteiger partial charge in [-0.05, 0) is 31.0 Å². The molecule has 25 heavy (non-hydrogen) atoms. The number of hydrogen-bond donors (Lipinski definition) is 2. The van der Waals surface area contributed by atoms with Crippen LogP contribution in [0.15, 0.2) is 18.2 Å². The van der Waals surface area contributed by atoms with Gasteiger partial charge in [0.15, 0.2) is 5.82 Å². The molecule has 9 heteroatoms. The van der Waals surface area contributed by atoms with Crippen molar-refractivity contribution in [3.8, 4) is 11.4 Å². The van der Waals surface area contributed by atoms with Crippen LogP contribution in [0, 0.1) is 0 Å². The number of nitrogens with zero attached hydrogens (tertiary/aromatic N) is 3. The fraction of sp³-hybridized carbons (Fsp3) is 0.438.